The highest BCUT2D eigenvalue weighted by Gasteiger charge is 2.68. The number of ether oxygens (including phenoxy) is 1. The second kappa shape index (κ2) is 7.39. The van der Waals surface area contributed by atoms with Crippen molar-refractivity contribution in [2.24, 2.45) is 5.41 Å². The second-order valence-corrected chi connectivity index (χ2v) is 9.15. The van der Waals surface area contributed by atoms with Crippen LogP contribution < -0.4 is 10.6 Å². The molecule has 1 aliphatic rings. The molecule has 1 heterocycles. The van der Waals surface area contributed by atoms with Crippen LogP contribution in [0.5, 0.6) is 0 Å². The molecule has 1 fully saturated rings. The maximum atomic E-state index is 12.3. The first kappa shape index (κ1) is 20.4. The lowest BCUT2D eigenvalue weighted by molar-refractivity contribution is -0.124. The van der Waals surface area contributed by atoms with E-state index in [9.17, 15) is 9.59 Å². The average molecular weight is 423 g/mol. The van der Waals surface area contributed by atoms with E-state index in [0.29, 0.717) is 23.4 Å². The molecule has 2 N–H and O–H groups in total. The summed E-state index contributed by atoms with van der Waals surface area (Å²) in [7, 11) is 0. The van der Waals surface area contributed by atoms with Crippen LogP contribution in [-0.4, -0.2) is 27.9 Å². The molecule has 0 radical (unpaired) electrons. The van der Waals surface area contributed by atoms with Crippen LogP contribution in [-0.2, 0) is 16.0 Å². The third-order valence-electron chi connectivity index (χ3n) is 4.26. The number of nitrogens with one attached hydrogen (secondary N) is 2. The van der Waals surface area contributed by atoms with Gasteiger partial charge in [0.2, 0.25) is 5.91 Å². The number of hydrogen-bond donors (Lipinski definition) is 2. The molecule has 0 aliphatic heterocycles. The predicted octanol–water partition coefficient (Wildman–Crippen LogP) is 4.19. The number of alkyl halides is 2. The Morgan fingerprint density at radius 1 is 1.36 bits per heavy atom. The molecule has 1 aliphatic carbocycles. The number of amides is 1. The molecular weight excluding hydrogens is 403 g/mol. The molecule has 5 nitrogen and oxygen atoms in total. The van der Waals surface area contributed by atoms with Gasteiger partial charge in [-0.15, -0.1) is 34.5 Å². The zero-order valence-corrected chi connectivity index (χ0v) is 17.6. The molecule has 0 aromatic carbocycles. The Balaban J connectivity index is 2.16. The van der Waals surface area contributed by atoms with Crippen LogP contribution in [0.1, 0.15) is 48.0 Å². The van der Waals surface area contributed by atoms with Crippen LogP contribution in [0, 0.1) is 12.3 Å². The minimum Gasteiger partial charge on any atom is -0.462 e. The molecule has 138 valence electrons. The van der Waals surface area contributed by atoms with Crippen molar-refractivity contribution < 1.29 is 14.3 Å². The van der Waals surface area contributed by atoms with E-state index >= 15 is 0 Å². The average Bonchev–Trinajstić information content (AvgIpc) is 2.87. The summed E-state index contributed by atoms with van der Waals surface area (Å²) in [5.74, 6) is -0.758. The van der Waals surface area contributed by atoms with Crippen molar-refractivity contribution in [3.05, 3.63) is 16.0 Å². The Hall–Kier alpha value is -0.890. The Morgan fingerprint density at radius 3 is 2.44 bits per heavy atom. The van der Waals surface area contributed by atoms with Gasteiger partial charge in [0, 0.05) is 4.88 Å². The lowest BCUT2D eigenvalue weighted by Gasteiger charge is -2.14. The number of esters is 1. The van der Waals surface area contributed by atoms with E-state index in [4.69, 9.17) is 40.2 Å². The summed E-state index contributed by atoms with van der Waals surface area (Å²) in [6.07, 6.45) is 1.06. The quantitative estimate of drug-likeness (QED) is 0.422. The third kappa shape index (κ3) is 3.94. The standard InChI is InChI=1S/C16H20Cl2N2O3S2/c1-5-9-8(3)25-11(10(9)12(21)23-6-2)19-14(24)20-13(22)15(4)7-16(15,17)18/h5-7H2,1-4H3,(H2,19,20,22,24). The van der Waals surface area contributed by atoms with Crippen molar-refractivity contribution >= 4 is 68.7 Å². The number of rotatable bonds is 5. The fourth-order valence-electron chi connectivity index (χ4n) is 2.53. The molecule has 0 bridgehead atoms. The number of halogens is 2. The van der Waals surface area contributed by atoms with Crippen molar-refractivity contribution in [1.82, 2.24) is 5.32 Å². The molecular formula is C16H20Cl2N2O3S2. The van der Waals surface area contributed by atoms with Gasteiger partial charge in [0.05, 0.1) is 17.6 Å². The van der Waals surface area contributed by atoms with Gasteiger partial charge in [0.1, 0.15) is 9.33 Å². The van der Waals surface area contributed by atoms with E-state index in [-0.39, 0.29) is 17.6 Å². The van der Waals surface area contributed by atoms with Crippen LogP contribution in [0.4, 0.5) is 5.00 Å². The van der Waals surface area contributed by atoms with Gasteiger partial charge in [0.15, 0.2) is 5.11 Å². The van der Waals surface area contributed by atoms with Crippen LogP contribution in [0.3, 0.4) is 0 Å². The summed E-state index contributed by atoms with van der Waals surface area (Å²) in [6.45, 7) is 7.61. The molecule has 0 saturated heterocycles. The van der Waals surface area contributed by atoms with Gasteiger partial charge in [-0.3, -0.25) is 4.79 Å². The Bertz CT molecular complexity index is 733. The lowest BCUT2D eigenvalue weighted by Crippen LogP contribution is -2.40. The van der Waals surface area contributed by atoms with Crippen molar-refractivity contribution in [2.45, 2.75) is 44.9 Å². The molecule has 1 atom stereocenters. The third-order valence-corrected chi connectivity index (χ3v) is 6.62. The minimum absolute atomic E-state index is 0.0942. The van der Waals surface area contributed by atoms with E-state index in [2.05, 4.69) is 10.6 Å². The smallest absolute Gasteiger partial charge is 0.341 e. The molecule has 1 saturated carbocycles. The topological polar surface area (TPSA) is 67.4 Å². The highest BCUT2D eigenvalue weighted by atomic mass is 35.5. The summed E-state index contributed by atoms with van der Waals surface area (Å²) in [5.41, 5.74) is 0.506. The maximum Gasteiger partial charge on any atom is 0.341 e. The second-order valence-electron chi connectivity index (χ2n) is 6.04. The van der Waals surface area contributed by atoms with E-state index in [1.807, 2.05) is 13.8 Å². The zero-order valence-electron chi connectivity index (χ0n) is 14.4. The van der Waals surface area contributed by atoms with E-state index < -0.39 is 15.7 Å². The summed E-state index contributed by atoms with van der Waals surface area (Å²) >= 11 is 18.6. The molecule has 1 amide bonds. The van der Waals surface area contributed by atoms with Crippen molar-refractivity contribution in [1.29, 1.82) is 0 Å². The van der Waals surface area contributed by atoms with Gasteiger partial charge in [-0.1, -0.05) is 6.92 Å². The Labute approximate surface area is 166 Å². The first-order valence-corrected chi connectivity index (χ1v) is 9.85. The fourth-order valence-corrected chi connectivity index (χ4v) is 4.64. The van der Waals surface area contributed by atoms with Crippen LogP contribution >= 0.6 is 46.8 Å². The predicted molar refractivity (Wildman–Crippen MR) is 106 cm³/mol. The first-order valence-electron chi connectivity index (χ1n) is 7.87. The van der Waals surface area contributed by atoms with Gasteiger partial charge >= 0.3 is 5.97 Å². The summed E-state index contributed by atoms with van der Waals surface area (Å²) in [6, 6.07) is 0. The van der Waals surface area contributed by atoms with Crippen LogP contribution in [0.2, 0.25) is 0 Å². The SMILES string of the molecule is CCOC(=O)c1c(NC(=S)NC(=O)C2(C)CC2(Cl)Cl)sc(C)c1CC. The van der Waals surface area contributed by atoms with Crippen LogP contribution in [0.15, 0.2) is 0 Å². The summed E-state index contributed by atoms with van der Waals surface area (Å²) in [4.78, 5) is 25.6. The maximum absolute atomic E-state index is 12.3. The van der Waals surface area contributed by atoms with Crippen molar-refractivity contribution in [3.63, 3.8) is 0 Å². The minimum atomic E-state index is -1.07. The molecule has 2 rings (SSSR count). The first-order chi connectivity index (χ1) is 11.6. The number of carbonyl (C=O) groups is 2. The van der Waals surface area contributed by atoms with Gasteiger partial charge in [0.25, 0.3) is 0 Å². The number of thiophene rings is 1. The zero-order chi connectivity index (χ0) is 19.0. The summed E-state index contributed by atoms with van der Waals surface area (Å²) in [5, 5.41) is 6.18. The number of hydrogen-bond acceptors (Lipinski definition) is 5. The Morgan fingerprint density at radius 2 is 1.96 bits per heavy atom. The van der Waals surface area contributed by atoms with Crippen molar-refractivity contribution in [3.8, 4) is 0 Å². The molecule has 1 unspecified atom stereocenters. The van der Waals surface area contributed by atoms with E-state index in [1.165, 1.54) is 11.3 Å². The highest BCUT2D eigenvalue weighted by molar-refractivity contribution is 7.80. The largest absolute Gasteiger partial charge is 0.462 e. The van der Waals surface area contributed by atoms with E-state index in [0.717, 1.165) is 10.4 Å². The molecule has 1 aromatic rings. The molecule has 25 heavy (non-hydrogen) atoms. The van der Waals surface area contributed by atoms with Gasteiger partial charge in [-0.2, -0.15) is 0 Å². The normalized spacial score (nSPS) is 20.7. The van der Waals surface area contributed by atoms with Gasteiger partial charge in [-0.05, 0) is 51.4 Å². The monoisotopic (exact) mass is 422 g/mol. The van der Waals surface area contributed by atoms with E-state index in [1.54, 1.807) is 13.8 Å². The number of carbonyl (C=O) groups excluding carboxylic acids is 2. The molecule has 1 aromatic heterocycles. The Kier molecular flexibility index (Phi) is 6.03. The fraction of sp³-hybridized carbons (Fsp3) is 0.562. The van der Waals surface area contributed by atoms with Crippen LogP contribution in [0.25, 0.3) is 0 Å². The van der Waals surface area contributed by atoms with Crippen molar-refractivity contribution in [2.75, 3.05) is 11.9 Å². The number of thiocarbonyl (C=S) groups is 1. The summed E-state index contributed by atoms with van der Waals surface area (Å²) < 4.78 is 4.07. The molecule has 9 heteroatoms. The number of aryl methyl sites for hydroxylation is 1. The highest BCUT2D eigenvalue weighted by Crippen LogP contribution is 2.63. The van der Waals surface area contributed by atoms with Gasteiger partial charge in [-0.25, -0.2) is 4.79 Å². The number of anilines is 1. The lowest BCUT2D eigenvalue weighted by atomic mass is 10.1. The van der Waals surface area contributed by atoms with Gasteiger partial charge < -0.3 is 15.4 Å². The molecule has 0 spiro atoms.